The third kappa shape index (κ3) is 5.68. The van der Waals surface area contributed by atoms with Crippen molar-refractivity contribution in [2.24, 2.45) is 11.1 Å². The second kappa shape index (κ2) is 6.36. The van der Waals surface area contributed by atoms with Crippen LogP contribution in [0.5, 0.6) is 0 Å². The number of nitrogens with zero attached hydrogens (tertiary/aromatic N) is 1. The Morgan fingerprint density at radius 1 is 1.33 bits per heavy atom. The minimum absolute atomic E-state index is 0.00441. The maximum Gasteiger partial charge on any atom is 0.0757 e. The van der Waals surface area contributed by atoms with E-state index in [9.17, 15) is 0 Å². The standard InChI is InChI=1S/C15H32N2O/c1-13-11-17(12-15(4,5)18-13)10-6-7-14(2,3)8-9-16/h13H,6-12,16H2,1-5H3. The maximum absolute atomic E-state index is 5.93. The third-order valence-electron chi connectivity index (χ3n) is 3.79. The van der Waals surface area contributed by atoms with E-state index in [1.54, 1.807) is 0 Å². The minimum Gasteiger partial charge on any atom is -0.370 e. The molecule has 1 aliphatic rings. The summed E-state index contributed by atoms with van der Waals surface area (Å²) in [5.74, 6) is 0. The molecule has 0 radical (unpaired) electrons. The van der Waals surface area contributed by atoms with E-state index in [4.69, 9.17) is 10.5 Å². The molecule has 2 N–H and O–H groups in total. The summed E-state index contributed by atoms with van der Waals surface area (Å²) in [6.45, 7) is 15.3. The Morgan fingerprint density at radius 2 is 2.00 bits per heavy atom. The second-order valence-corrected chi connectivity index (χ2v) is 7.23. The molecule has 0 amide bonds. The van der Waals surface area contributed by atoms with Gasteiger partial charge in [-0.2, -0.15) is 0 Å². The summed E-state index contributed by atoms with van der Waals surface area (Å²) in [6.07, 6.45) is 4.00. The molecule has 0 bridgehead atoms. The lowest BCUT2D eigenvalue weighted by molar-refractivity contribution is -0.129. The van der Waals surface area contributed by atoms with Crippen LogP contribution in [0.25, 0.3) is 0 Å². The number of rotatable bonds is 6. The molecule has 1 fully saturated rings. The molecule has 1 atom stereocenters. The van der Waals surface area contributed by atoms with E-state index < -0.39 is 0 Å². The highest BCUT2D eigenvalue weighted by molar-refractivity contribution is 4.82. The molecule has 3 heteroatoms. The van der Waals surface area contributed by atoms with Gasteiger partial charge >= 0.3 is 0 Å². The molecule has 1 saturated heterocycles. The average Bonchev–Trinajstić information content (AvgIpc) is 2.13. The molecule has 1 aliphatic heterocycles. The van der Waals surface area contributed by atoms with Crippen molar-refractivity contribution in [3.05, 3.63) is 0 Å². The van der Waals surface area contributed by atoms with Gasteiger partial charge in [-0.25, -0.2) is 0 Å². The van der Waals surface area contributed by atoms with Crippen LogP contribution in [0.3, 0.4) is 0 Å². The zero-order chi connectivity index (χ0) is 13.8. The van der Waals surface area contributed by atoms with Gasteiger partial charge in [0.25, 0.3) is 0 Å². The summed E-state index contributed by atoms with van der Waals surface area (Å²) in [5.41, 5.74) is 6.05. The van der Waals surface area contributed by atoms with Gasteiger partial charge in [-0.15, -0.1) is 0 Å². The quantitative estimate of drug-likeness (QED) is 0.794. The van der Waals surface area contributed by atoms with Crippen molar-refractivity contribution < 1.29 is 4.74 Å². The van der Waals surface area contributed by atoms with E-state index in [1.165, 1.54) is 19.4 Å². The highest BCUT2D eigenvalue weighted by Gasteiger charge is 2.31. The number of morpholine rings is 1. The minimum atomic E-state index is 0.00441. The van der Waals surface area contributed by atoms with Gasteiger partial charge in [0, 0.05) is 13.1 Å². The monoisotopic (exact) mass is 256 g/mol. The van der Waals surface area contributed by atoms with E-state index in [0.717, 1.165) is 26.1 Å². The van der Waals surface area contributed by atoms with Crippen molar-refractivity contribution in [1.82, 2.24) is 4.90 Å². The molecule has 3 nitrogen and oxygen atoms in total. The molecule has 1 rings (SSSR count). The van der Waals surface area contributed by atoms with Gasteiger partial charge in [0.15, 0.2) is 0 Å². The molecule has 0 aromatic carbocycles. The topological polar surface area (TPSA) is 38.5 Å². The molecular weight excluding hydrogens is 224 g/mol. The first kappa shape index (κ1) is 15.9. The average molecular weight is 256 g/mol. The summed E-state index contributed by atoms with van der Waals surface area (Å²) < 4.78 is 5.93. The fraction of sp³-hybridized carbons (Fsp3) is 1.00. The van der Waals surface area contributed by atoms with E-state index in [2.05, 4.69) is 39.5 Å². The van der Waals surface area contributed by atoms with Crippen molar-refractivity contribution in [3.63, 3.8) is 0 Å². The summed E-state index contributed by atoms with van der Waals surface area (Å²) in [7, 11) is 0. The van der Waals surface area contributed by atoms with Crippen LogP contribution in [-0.4, -0.2) is 42.8 Å². The molecule has 0 saturated carbocycles. The van der Waals surface area contributed by atoms with Crippen LogP contribution >= 0.6 is 0 Å². The lowest BCUT2D eigenvalue weighted by atomic mass is 9.84. The third-order valence-corrected chi connectivity index (χ3v) is 3.79. The summed E-state index contributed by atoms with van der Waals surface area (Å²) >= 11 is 0. The van der Waals surface area contributed by atoms with Crippen LogP contribution in [0.1, 0.15) is 53.9 Å². The van der Waals surface area contributed by atoms with Crippen LogP contribution in [0, 0.1) is 5.41 Å². The number of nitrogens with two attached hydrogens (primary N) is 1. The predicted octanol–water partition coefficient (Wildman–Crippen LogP) is 2.64. The first-order valence-electron chi connectivity index (χ1n) is 7.34. The van der Waals surface area contributed by atoms with Gasteiger partial charge in [0.2, 0.25) is 0 Å². The van der Waals surface area contributed by atoms with Crippen LogP contribution < -0.4 is 5.73 Å². The second-order valence-electron chi connectivity index (χ2n) is 7.23. The van der Waals surface area contributed by atoms with Gasteiger partial charge in [-0.3, -0.25) is 4.90 Å². The van der Waals surface area contributed by atoms with Crippen LogP contribution in [0.2, 0.25) is 0 Å². The van der Waals surface area contributed by atoms with Crippen molar-refractivity contribution in [3.8, 4) is 0 Å². The summed E-state index contributed by atoms with van der Waals surface area (Å²) in [6, 6.07) is 0. The zero-order valence-electron chi connectivity index (χ0n) is 13.0. The maximum atomic E-state index is 5.93. The van der Waals surface area contributed by atoms with Gasteiger partial charge in [-0.05, 0) is 58.5 Å². The fourth-order valence-electron chi connectivity index (χ4n) is 3.05. The number of hydrogen-bond donors (Lipinski definition) is 1. The predicted molar refractivity (Wildman–Crippen MR) is 77.8 cm³/mol. The van der Waals surface area contributed by atoms with Crippen molar-refractivity contribution >= 4 is 0 Å². The lowest BCUT2D eigenvalue weighted by Gasteiger charge is -2.42. The van der Waals surface area contributed by atoms with E-state index >= 15 is 0 Å². The first-order valence-corrected chi connectivity index (χ1v) is 7.34. The van der Waals surface area contributed by atoms with Crippen molar-refractivity contribution in [1.29, 1.82) is 0 Å². The van der Waals surface area contributed by atoms with Gasteiger partial charge < -0.3 is 10.5 Å². The largest absolute Gasteiger partial charge is 0.370 e. The zero-order valence-corrected chi connectivity index (χ0v) is 13.0. The normalized spacial score (nSPS) is 25.3. The van der Waals surface area contributed by atoms with Gasteiger partial charge in [0.05, 0.1) is 11.7 Å². The SMILES string of the molecule is CC1CN(CCCC(C)(C)CCN)CC(C)(C)O1. The lowest BCUT2D eigenvalue weighted by Crippen LogP contribution is -2.52. The number of hydrogen-bond acceptors (Lipinski definition) is 3. The van der Waals surface area contributed by atoms with E-state index in [0.29, 0.717) is 11.5 Å². The molecule has 0 aromatic heterocycles. The smallest absolute Gasteiger partial charge is 0.0757 e. The van der Waals surface area contributed by atoms with Crippen molar-refractivity contribution in [2.45, 2.75) is 65.6 Å². The number of ether oxygens (including phenoxy) is 1. The summed E-state index contributed by atoms with van der Waals surface area (Å²) in [5, 5.41) is 0. The Bertz CT molecular complexity index is 251. The van der Waals surface area contributed by atoms with Crippen molar-refractivity contribution in [2.75, 3.05) is 26.2 Å². The Hall–Kier alpha value is -0.120. The highest BCUT2D eigenvalue weighted by Crippen LogP contribution is 2.27. The van der Waals surface area contributed by atoms with Crippen LogP contribution in [0.15, 0.2) is 0 Å². The van der Waals surface area contributed by atoms with Crippen LogP contribution in [-0.2, 0) is 4.74 Å². The molecular formula is C15H32N2O. The Balaban J connectivity index is 2.31. The molecule has 18 heavy (non-hydrogen) atoms. The van der Waals surface area contributed by atoms with E-state index in [1.807, 2.05) is 0 Å². The highest BCUT2D eigenvalue weighted by atomic mass is 16.5. The molecule has 108 valence electrons. The van der Waals surface area contributed by atoms with E-state index in [-0.39, 0.29) is 5.60 Å². The fourth-order valence-corrected chi connectivity index (χ4v) is 3.05. The van der Waals surface area contributed by atoms with Gasteiger partial charge in [0.1, 0.15) is 0 Å². The van der Waals surface area contributed by atoms with Gasteiger partial charge in [-0.1, -0.05) is 13.8 Å². The first-order chi connectivity index (χ1) is 8.24. The molecule has 1 heterocycles. The molecule has 0 spiro atoms. The Morgan fingerprint density at radius 3 is 2.56 bits per heavy atom. The summed E-state index contributed by atoms with van der Waals surface area (Å²) in [4.78, 5) is 2.55. The Kier molecular flexibility index (Phi) is 5.63. The molecule has 0 aromatic rings. The Labute approximate surface area is 113 Å². The van der Waals surface area contributed by atoms with Crippen LogP contribution in [0.4, 0.5) is 0 Å². The molecule has 0 aliphatic carbocycles. The molecule has 1 unspecified atom stereocenters.